The van der Waals surface area contributed by atoms with Gasteiger partial charge in [0, 0.05) is 35.9 Å². The van der Waals surface area contributed by atoms with E-state index in [1.165, 1.54) is 0 Å². The first kappa shape index (κ1) is 31.0. The molecule has 10 nitrogen and oxygen atoms in total. The van der Waals surface area contributed by atoms with Gasteiger partial charge in [0.05, 0.1) is 0 Å². The first-order valence-corrected chi connectivity index (χ1v) is 8.72. The van der Waals surface area contributed by atoms with E-state index in [-0.39, 0.29) is 125 Å². The van der Waals surface area contributed by atoms with E-state index in [2.05, 4.69) is 0 Å². The number of hydrogen-bond acceptors (Lipinski definition) is 10. The summed E-state index contributed by atoms with van der Waals surface area (Å²) in [5.74, 6) is 0. The largest absolute Gasteiger partial charge is 1.00 e. The molecule has 109 valence electrons. The van der Waals surface area contributed by atoms with Crippen LogP contribution in [-0.2, 0) is 30.8 Å². The summed E-state index contributed by atoms with van der Waals surface area (Å²) in [4.78, 5) is 61.5. The van der Waals surface area contributed by atoms with Gasteiger partial charge in [0.15, 0.2) is 0 Å². The van der Waals surface area contributed by atoms with Crippen LogP contribution in [0.3, 0.4) is 0 Å². The third-order valence-corrected chi connectivity index (χ3v) is 3.36. The minimum atomic E-state index is -5.27. The van der Waals surface area contributed by atoms with Crippen molar-refractivity contribution in [3.63, 3.8) is 0 Å². The van der Waals surface area contributed by atoms with Crippen molar-refractivity contribution in [1.29, 1.82) is 0 Å². The van der Waals surface area contributed by atoms with Crippen LogP contribution < -0.4 is 132 Å². The Morgan fingerprint density at radius 1 is 0.632 bits per heavy atom. The number of nitrogens with zero attached hydrogens (tertiary/aromatic N) is 1. The first-order chi connectivity index (χ1) is 6.79. The molecule has 0 atom stereocenters. The molecule has 0 saturated carbocycles. The second kappa shape index (κ2) is 12.5. The smallest absolute Gasteiger partial charge is 0.810 e. The van der Waals surface area contributed by atoms with E-state index in [0.29, 0.717) is 0 Å². The van der Waals surface area contributed by atoms with Crippen molar-refractivity contribution in [1.82, 2.24) is 4.90 Å². The molecule has 0 N–H and O–H groups in total. The Labute approximate surface area is 205 Å². The predicted molar refractivity (Wildman–Crippen MR) is 39.3 cm³/mol. The van der Waals surface area contributed by atoms with Crippen molar-refractivity contribution in [3.05, 3.63) is 0 Å². The Balaban J connectivity index is -0.000000375. The van der Waals surface area contributed by atoms with Crippen LogP contribution in [0.25, 0.3) is 0 Å². The quantitative estimate of drug-likeness (QED) is 0.286. The fraction of sp³-hybridized carbons (Fsp3) is 1.00. The number of rotatable bonds is 6. The molecule has 0 unspecified atom stereocenters. The van der Waals surface area contributed by atoms with E-state index >= 15 is 0 Å². The molecule has 0 aliphatic carbocycles. The maximum Gasteiger partial charge on any atom is 1.00 e. The predicted octanol–water partition coefficient (Wildman–Crippen LogP) is -11.1. The van der Waals surface area contributed by atoms with Crippen LogP contribution in [0.2, 0.25) is 0 Å². The standard InChI is InChI=1S/C3H12NO9P3.Cu.2K/c5-14(6,7)1-4(2-15(8,9)10)3-16(11,12)13;;;/h1-3H2,(H2,5,6,7)(H2,8,9,10)(H2,11,12,13);;;/q;;2*+1/p-6. The molecule has 0 amide bonds. The third-order valence-electron chi connectivity index (χ3n) is 1.12. The van der Waals surface area contributed by atoms with Crippen molar-refractivity contribution in [3.8, 4) is 0 Å². The average Bonchev–Trinajstić information content (AvgIpc) is 1.70. The minimum absolute atomic E-state index is 0. The van der Waals surface area contributed by atoms with Crippen molar-refractivity contribution in [2.75, 3.05) is 18.9 Å². The maximum atomic E-state index is 10.3. The van der Waals surface area contributed by atoms with Gasteiger partial charge >= 0.3 is 103 Å². The molecular weight excluding hydrogens is 429 g/mol. The molecular formula is C3H6CuK2NO9P3-4. The summed E-state index contributed by atoms with van der Waals surface area (Å²) in [6.45, 7) is 0. The van der Waals surface area contributed by atoms with Crippen LogP contribution in [0.1, 0.15) is 0 Å². The Morgan fingerprint density at radius 3 is 0.895 bits per heavy atom. The van der Waals surface area contributed by atoms with Gasteiger partial charge in [0.25, 0.3) is 0 Å². The average molecular weight is 435 g/mol. The van der Waals surface area contributed by atoms with Crippen LogP contribution >= 0.6 is 22.8 Å². The van der Waals surface area contributed by atoms with Crippen LogP contribution in [0.4, 0.5) is 0 Å². The van der Waals surface area contributed by atoms with Crippen molar-refractivity contribution in [2.45, 2.75) is 0 Å². The van der Waals surface area contributed by atoms with Gasteiger partial charge in [0.2, 0.25) is 0 Å². The second-order valence-corrected chi connectivity index (χ2v) is 7.44. The molecule has 0 fully saturated rings. The van der Waals surface area contributed by atoms with E-state index in [4.69, 9.17) is 0 Å². The minimum Gasteiger partial charge on any atom is -0.810 e. The zero-order chi connectivity index (χ0) is 13.2. The van der Waals surface area contributed by atoms with E-state index in [9.17, 15) is 43.1 Å². The van der Waals surface area contributed by atoms with Crippen LogP contribution in [0.5, 0.6) is 0 Å². The van der Waals surface area contributed by atoms with Gasteiger partial charge in [-0.05, 0) is 0 Å². The summed E-state index contributed by atoms with van der Waals surface area (Å²) >= 11 is 0. The summed E-state index contributed by atoms with van der Waals surface area (Å²) < 4.78 is 30.8. The van der Waals surface area contributed by atoms with Crippen LogP contribution in [0, 0.1) is 0 Å². The van der Waals surface area contributed by atoms with Gasteiger partial charge in [-0.1, -0.05) is 22.8 Å². The van der Waals surface area contributed by atoms with Crippen LogP contribution in [0.15, 0.2) is 0 Å². The fourth-order valence-electron chi connectivity index (χ4n) is 0.869. The van der Waals surface area contributed by atoms with Gasteiger partial charge in [-0.25, -0.2) is 0 Å². The third kappa shape index (κ3) is 24.6. The number of hydrogen-bond donors (Lipinski definition) is 0. The molecule has 0 rings (SSSR count). The van der Waals surface area contributed by atoms with Gasteiger partial charge in [-0.15, -0.1) is 0 Å². The van der Waals surface area contributed by atoms with Crippen LogP contribution in [-0.4, -0.2) is 23.8 Å². The topological polar surface area (TPSA) is 193 Å². The zero-order valence-electron chi connectivity index (χ0n) is 9.89. The molecule has 0 bridgehead atoms. The second-order valence-electron chi connectivity index (χ2n) is 2.93. The van der Waals surface area contributed by atoms with E-state index in [1.54, 1.807) is 0 Å². The Kier molecular flexibility index (Phi) is 20.5. The molecule has 0 aromatic rings. The first-order valence-electron chi connectivity index (χ1n) is 3.54. The van der Waals surface area contributed by atoms with E-state index in [0.717, 1.165) is 0 Å². The maximum absolute atomic E-state index is 10.3. The van der Waals surface area contributed by atoms with Crippen molar-refractivity contribution in [2.24, 2.45) is 0 Å². The fourth-order valence-corrected chi connectivity index (χ4v) is 3.41. The molecule has 0 aromatic carbocycles. The Hall–Kier alpha value is 4.20. The molecule has 0 aliphatic heterocycles. The molecule has 0 spiro atoms. The monoisotopic (exact) mass is 434 g/mol. The molecule has 16 heteroatoms. The summed E-state index contributed by atoms with van der Waals surface area (Å²) in [5.41, 5.74) is 0. The van der Waals surface area contributed by atoms with Gasteiger partial charge in [-0.3, -0.25) is 4.90 Å². The molecule has 19 heavy (non-hydrogen) atoms. The SMILES string of the molecule is O=P([O-])([O-])CN(CP(=O)([O-])[O-])CP(=O)([O-])[O-].[Cu].[K+].[K+]. The zero-order valence-corrected chi connectivity index (χ0v) is 19.8. The van der Waals surface area contributed by atoms with Gasteiger partial charge in [0.1, 0.15) is 0 Å². The van der Waals surface area contributed by atoms with E-state index < -0.39 is 41.6 Å². The molecule has 0 saturated heterocycles. The molecule has 0 aliphatic rings. The summed E-state index contributed by atoms with van der Waals surface area (Å²) in [6.07, 6.45) is -4.55. The summed E-state index contributed by atoms with van der Waals surface area (Å²) in [6, 6.07) is 0. The Bertz CT molecular complexity index is 320. The van der Waals surface area contributed by atoms with Crippen molar-refractivity contribution >= 4 is 22.8 Å². The van der Waals surface area contributed by atoms with Crippen molar-refractivity contribution < 1.29 is 163 Å². The van der Waals surface area contributed by atoms with Gasteiger partial charge in [-0.2, -0.15) is 0 Å². The summed E-state index contributed by atoms with van der Waals surface area (Å²) in [5, 5.41) is 0. The molecule has 1 radical (unpaired) electrons. The molecule has 0 aromatic heterocycles. The van der Waals surface area contributed by atoms with E-state index in [1.807, 2.05) is 0 Å². The van der Waals surface area contributed by atoms with Gasteiger partial charge < -0.3 is 43.1 Å². The molecule has 0 heterocycles. The Morgan fingerprint density at radius 2 is 0.789 bits per heavy atom. The summed E-state index contributed by atoms with van der Waals surface area (Å²) in [7, 11) is -15.8. The normalized spacial score (nSPS) is 12.2.